The van der Waals surface area contributed by atoms with Crippen LogP contribution in [0.25, 0.3) is 17.2 Å². The van der Waals surface area contributed by atoms with Gasteiger partial charge in [0.2, 0.25) is 0 Å². The van der Waals surface area contributed by atoms with E-state index in [0.29, 0.717) is 0 Å². The molecule has 0 radical (unpaired) electrons. The quantitative estimate of drug-likeness (QED) is 0.232. The highest BCUT2D eigenvalue weighted by atomic mass is 14.8. The van der Waals surface area contributed by atoms with Crippen molar-refractivity contribution in [3.8, 4) is 0 Å². The Hall–Kier alpha value is -4.23. The van der Waals surface area contributed by atoms with Gasteiger partial charge in [-0.2, -0.15) is 0 Å². The number of hydrogen-bond acceptors (Lipinski definition) is 1. The summed E-state index contributed by atoms with van der Waals surface area (Å²) < 4.78 is 0. The molecule has 0 amide bonds. The minimum absolute atomic E-state index is 0.825. The Labute approximate surface area is 204 Å². The number of aliphatic imine (C=N–C) groups is 1. The lowest BCUT2D eigenvalue weighted by Crippen LogP contribution is -2.06. The molecule has 0 fully saturated rings. The topological polar surface area (TPSA) is 12.4 Å². The van der Waals surface area contributed by atoms with Gasteiger partial charge in [-0.15, -0.1) is 0 Å². The molecule has 0 heterocycles. The summed E-state index contributed by atoms with van der Waals surface area (Å²) in [7, 11) is 0. The maximum absolute atomic E-state index is 5.27. The van der Waals surface area contributed by atoms with E-state index in [1.165, 1.54) is 0 Å². The van der Waals surface area contributed by atoms with Crippen LogP contribution in [0.3, 0.4) is 0 Å². The van der Waals surface area contributed by atoms with Gasteiger partial charge in [0.25, 0.3) is 0 Å². The molecular weight excluding hydrogens is 410 g/mol. The Kier molecular flexibility index (Phi) is 8.71. The molecule has 3 aromatic rings. The van der Waals surface area contributed by atoms with Gasteiger partial charge < -0.3 is 0 Å². The van der Waals surface area contributed by atoms with Crippen molar-refractivity contribution in [2.24, 2.45) is 4.99 Å². The van der Waals surface area contributed by atoms with Gasteiger partial charge in [-0.3, -0.25) is 0 Å². The van der Waals surface area contributed by atoms with Gasteiger partial charge >= 0.3 is 0 Å². The van der Waals surface area contributed by atoms with E-state index in [-0.39, 0.29) is 0 Å². The van der Waals surface area contributed by atoms with E-state index < -0.39 is 0 Å². The van der Waals surface area contributed by atoms with Crippen molar-refractivity contribution < 1.29 is 0 Å². The Morgan fingerprint density at radius 2 is 1.35 bits per heavy atom. The maximum Gasteiger partial charge on any atom is 0.0781 e. The van der Waals surface area contributed by atoms with E-state index in [9.17, 15) is 0 Å². The fourth-order valence-electron chi connectivity index (χ4n) is 3.60. The highest BCUT2D eigenvalue weighted by Gasteiger charge is 2.15. The van der Waals surface area contributed by atoms with E-state index in [1.807, 2.05) is 85.8 Å². The summed E-state index contributed by atoms with van der Waals surface area (Å²) in [5, 5.41) is 0. The van der Waals surface area contributed by atoms with Crippen LogP contribution >= 0.6 is 0 Å². The zero-order chi connectivity index (χ0) is 24.3. The minimum atomic E-state index is 0.825. The molecule has 168 valence electrons. The van der Waals surface area contributed by atoms with Crippen molar-refractivity contribution in [2.75, 3.05) is 0 Å². The van der Waals surface area contributed by atoms with Crippen molar-refractivity contribution in [1.29, 1.82) is 0 Å². The average Bonchev–Trinajstić information content (AvgIpc) is 2.91. The van der Waals surface area contributed by atoms with Gasteiger partial charge in [0.1, 0.15) is 0 Å². The summed E-state index contributed by atoms with van der Waals surface area (Å²) in [5.74, 6) is 0. The molecule has 0 bridgehead atoms. The van der Waals surface area contributed by atoms with E-state index in [4.69, 9.17) is 4.99 Å². The molecule has 0 N–H and O–H groups in total. The molecule has 3 rings (SSSR count). The second kappa shape index (κ2) is 12.1. The Morgan fingerprint density at radius 3 is 1.88 bits per heavy atom. The number of nitrogens with zero attached hydrogens (tertiary/aromatic N) is 1. The monoisotopic (exact) mass is 441 g/mol. The molecule has 0 aliphatic rings. The van der Waals surface area contributed by atoms with Crippen molar-refractivity contribution in [2.45, 2.75) is 13.8 Å². The molecule has 0 atom stereocenters. The average molecular weight is 442 g/mol. The molecule has 0 unspecified atom stereocenters. The first kappa shape index (κ1) is 24.4. The third-order valence-corrected chi connectivity index (χ3v) is 5.58. The Balaban J connectivity index is 2.28. The van der Waals surface area contributed by atoms with Gasteiger partial charge in [-0.25, -0.2) is 4.99 Å². The standard InChI is InChI=1S/C33H31N/c1-6-9-16-28(8-3)32(25(4)29-17-12-10-13-18-29)34-33(31-19-14-11-15-20-31)26(5)30-23-21-27(7-2)22-24-30/h6-24H,2-3,5H2,1,4H3/b9-6-,28-16+,32-25+,34-33?. The fraction of sp³-hybridized carbons (Fsp3) is 0.0606. The highest BCUT2D eigenvalue weighted by Crippen LogP contribution is 2.29. The molecule has 0 spiro atoms. The summed E-state index contributed by atoms with van der Waals surface area (Å²) in [4.78, 5) is 5.27. The van der Waals surface area contributed by atoms with Crippen LogP contribution in [0.1, 0.15) is 36.1 Å². The summed E-state index contributed by atoms with van der Waals surface area (Å²) >= 11 is 0. The van der Waals surface area contributed by atoms with Crippen molar-refractivity contribution in [3.63, 3.8) is 0 Å². The van der Waals surface area contributed by atoms with E-state index in [0.717, 1.165) is 50.4 Å². The first-order valence-electron chi connectivity index (χ1n) is 11.4. The molecule has 34 heavy (non-hydrogen) atoms. The summed E-state index contributed by atoms with van der Waals surface area (Å²) in [6.07, 6.45) is 9.75. The maximum atomic E-state index is 5.27. The molecule has 0 aliphatic carbocycles. The van der Waals surface area contributed by atoms with Crippen LogP contribution in [-0.2, 0) is 0 Å². The predicted octanol–water partition coefficient (Wildman–Crippen LogP) is 8.95. The minimum Gasteiger partial charge on any atom is -0.247 e. The number of hydrogen-bond donors (Lipinski definition) is 0. The van der Waals surface area contributed by atoms with Gasteiger partial charge in [0.15, 0.2) is 0 Å². The molecule has 0 saturated carbocycles. The Bertz CT molecular complexity index is 1270. The van der Waals surface area contributed by atoms with Crippen LogP contribution < -0.4 is 0 Å². The molecule has 3 aromatic carbocycles. The van der Waals surface area contributed by atoms with Crippen LogP contribution in [0.4, 0.5) is 0 Å². The van der Waals surface area contributed by atoms with Gasteiger partial charge in [0.05, 0.1) is 11.4 Å². The van der Waals surface area contributed by atoms with Gasteiger partial charge in [-0.1, -0.05) is 135 Å². The summed E-state index contributed by atoms with van der Waals surface area (Å²) in [6.45, 7) is 16.5. The van der Waals surface area contributed by atoms with E-state index in [1.54, 1.807) is 0 Å². The smallest absolute Gasteiger partial charge is 0.0781 e. The van der Waals surface area contributed by atoms with Crippen molar-refractivity contribution in [3.05, 3.63) is 162 Å². The third-order valence-electron chi connectivity index (χ3n) is 5.58. The van der Waals surface area contributed by atoms with Gasteiger partial charge in [0, 0.05) is 11.1 Å². The van der Waals surface area contributed by atoms with Crippen molar-refractivity contribution in [1.82, 2.24) is 0 Å². The van der Waals surface area contributed by atoms with Crippen LogP contribution in [0.15, 0.2) is 145 Å². The van der Waals surface area contributed by atoms with E-state index >= 15 is 0 Å². The fourth-order valence-corrected chi connectivity index (χ4v) is 3.60. The predicted molar refractivity (Wildman–Crippen MR) is 151 cm³/mol. The first-order valence-corrected chi connectivity index (χ1v) is 11.4. The molecule has 1 heteroatoms. The van der Waals surface area contributed by atoms with E-state index in [2.05, 4.69) is 63.1 Å². The molecule has 1 nitrogen and oxygen atoms in total. The Morgan fingerprint density at radius 1 is 0.765 bits per heavy atom. The lowest BCUT2D eigenvalue weighted by Gasteiger charge is -2.16. The SMILES string of the molecule is C=CC(=C\C=C/C)/C(N=C(C(=C)c1ccc(C=C)cc1)c1ccccc1)=C(/C)c1ccccc1. The second-order valence-electron chi connectivity index (χ2n) is 7.82. The van der Waals surface area contributed by atoms with Crippen LogP contribution in [0, 0.1) is 0 Å². The molecular formula is C33H31N. The van der Waals surface area contributed by atoms with Crippen LogP contribution in [-0.4, -0.2) is 5.71 Å². The highest BCUT2D eigenvalue weighted by molar-refractivity contribution is 6.31. The normalized spacial score (nSPS) is 12.9. The largest absolute Gasteiger partial charge is 0.247 e. The molecule has 0 aromatic heterocycles. The number of benzene rings is 3. The first-order chi connectivity index (χ1) is 16.6. The lowest BCUT2D eigenvalue weighted by atomic mass is 9.95. The third kappa shape index (κ3) is 5.96. The number of allylic oxidation sites excluding steroid dienone is 6. The zero-order valence-electron chi connectivity index (χ0n) is 20.0. The number of rotatable bonds is 9. The summed E-state index contributed by atoms with van der Waals surface area (Å²) in [5.41, 5.74) is 8.77. The molecule has 0 saturated heterocycles. The van der Waals surface area contributed by atoms with Crippen LogP contribution in [0.2, 0.25) is 0 Å². The zero-order valence-corrected chi connectivity index (χ0v) is 20.0. The second-order valence-corrected chi connectivity index (χ2v) is 7.82. The van der Waals surface area contributed by atoms with Gasteiger partial charge in [-0.05, 0) is 41.7 Å². The van der Waals surface area contributed by atoms with Crippen LogP contribution in [0.5, 0.6) is 0 Å². The molecule has 0 aliphatic heterocycles. The summed E-state index contributed by atoms with van der Waals surface area (Å²) in [6, 6.07) is 28.7. The lowest BCUT2D eigenvalue weighted by molar-refractivity contribution is 1.32. The van der Waals surface area contributed by atoms with Crippen molar-refractivity contribution >= 4 is 22.9 Å².